The Morgan fingerprint density at radius 3 is 2.56 bits per heavy atom. The van der Waals surface area contributed by atoms with E-state index in [1.54, 1.807) is 7.11 Å². The monoisotopic (exact) mass is 368 g/mol. The first-order valence-corrected chi connectivity index (χ1v) is 9.13. The number of halogens is 2. The maximum atomic E-state index is 14.3. The second-order valence-electron chi connectivity index (χ2n) is 6.83. The first kappa shape index (κ1) is 17.7. The van der Waals surface area contributed by atoms with Crippen LogP contribution in [0.2, 0.25) is 0 Å². The maximum absolute atomic E-state index is 14.3. The van der Waals surface area contributed by atoms with Crippen LogP contribution in [0.5, 0.6) is 5.75 Å². The number of benzene rings is 2. The zero-order valence-electron chi connectivity index (χ0n) is 15.2. The minimum Gasteiger partial charge on any atom is -0.497 e. The lowest BCUT2D eigenvalue weighted by molar-refractivity contribution is 0.214. The number of hydrogen-bond acceptors (Lipinski definition) is 2. The van der Waals surface area contributed by atoms with Gasteiger partial charge in [-0.15, -0.1) is 0 Å². The number of aromatic nitrogens is 1. The van der Waals surface area contributed by atoms with Crippen LogP contribution in [0.1, 0.15) is 29.3 Å². The third-order valence-corrected chi connectivity index (χ3v) is 5.19. The maximum Gasteiger partial charge on any atom is 0.130 e. The zero-order valence-corrected chi connectivity index (χ0v) is 15.2. The molecule has 1 atom stereocenters. The highest BCUT2D eigenvalue weighted by molar-refractivity contribution is 5.36. The molecule has 0 bridgehead atoms. The fourth-order valence-corrected chi connectivity index (χ4v) is 3.89. The van der Waals surface area contributed by atoms with Crippen LogP contribution in [0.4, 0.5) is 8.78 Å². The normalized spacial score (nSPS) is 17.4. The summed E-state index contributed by atoms with van der Waals surface area (Å²) in [7, 11) is 1.64. The van der Waals surface area contributed by atoms with Crippen LogP contribution in [-0.2, 0) is 13.1 Å². The largest absolute Gasteiger partial charge is 0.497 e. The highest BCUT2D eigenvalue weighted by Crippen LogP contribution is 2.35. The molecule has 1 aromatic heterocycles. The standard InChI is InChI=1S/C22H22F2N2O/c1-27-17-7-2-6-16(14-17)22-21-10-4-11-25(21)12-5-13-26(22)15-18-19(23)8-3-9-20(18)24/h2-4,6-11,14,22H,5,12-13,15H2,1H3. The van der Waals surface area contributed by atoms with Crippen LogP contribution < -0.4 is 4.74 Å². The molecule has 0 radical (unpaired) electrons. The Bertz CT molecular complexity index is 917. The van der Waals surface area contributed by atoms with Gasteiger partial charge >= 0.3 is 0 Å². The third-order valence-electron chi connectivity index (χ3n) is 5.19. The van der Waals surface area contributed by atoms with Crippen molar-refractivity contribution in [2.75, 3.05) is 13.7 Å². The van der Waals surface area contributed by atoms with E-state index in [9.17, 15) is 8.78 Å². The van der Waals surface area contributed by atoms with Gasteiger partial charge in [0.15, 0.2) is 0 Å². The van der Waals surface area contributed by atoms with Crippen molar-refractivity contribution in [3.8, 4) is 5.75 Å². The molecule has 0 saturated heterocycles. The second-order valence-corrected chi connectivity index (χ2v) is 6.83. The molecule has 3 aromatic rings. The molecule has 1 aliphatic heterocycles. The number of nitrogens with zero attached hydrogens (tertiary/aromatic N) is 2. The molecular formula is C22H22F2N2O. The van der Waals surface area contributed by atoms with Crippen molar-refractivity contribution in [3.05, 3.63) is 89.2 Å². The summed E-state index contributed by atoms with van der Waals surface area (Å²) < 4.78 is 36.2. The molecule has 0 aliphatic carbocycles. The highest BCUT2D eigenvalue weighted by atomic mass is 19.1. The van der Waals surface area contributed by atoms with Gasteiger partial charge in [0.2, 0.25) is 0 Å². The smallest absolute Gasteiger partial charge is 0.130 e. The summed E-state index contributed by atoms with van der Waals surface area (Å²) in [6.45, 7) is 1.85. The molecule has 4 rings (SSSR count). The molecule has 0 saturated carbocycles. The second kappa shape index (κ2) is 7.53. The van der Waals surface area contributed by atoms with Crippen molar-refractivity contribution < 1.29 is 13.5 Å². The first-order valence-electron chi connectivity index (χ1n) is 9.13. The van der Waals surface area contributed by atoms with Gasteiger partial charge in [0.25, 0.3) is 0 Å². The summed E-state index contributed by atoms with van der Waals surface area (Å²) in [5.74, 6) is -0.232. The van der Waals surface area contributed by atoms with E-state index >= 15 is 0 Å². The number of aryl methyl sites for hydroxylation is 1. The predicted octanol–water partition coefficient (Wildman–Crippen LogP) is 4.77. The summed E-state index contributed by atoms with van der Waals surface area (Å²) in [6, 6.07) is 15.9. The Morgan fingerprint density at radius 2 is 1.78 bits per heavy atom. The van der Waals surface area contributed by atoms with E-state index in [4.69, 9.17) is 4.74 Å². The number of methoxy groups -OCH3 is 1. The summed E-state index contributed by atoms with van der Waals surface area (Å²) in [5, 5.41) is 0. The van der Waals surface area contributed by atoms with Crippen molar-refractivity contribution >= 4 is 0 Å². The highest BCUT2D eigenvalue weighted by Gasteiger charge is 2.29. The molecule has 27 heavy (non-hydrogen) atoms. The molecule has 0 spiro atoms. The van der Waals surface area contributed by atoms with E-state index in [0.29, 0.717) is 0 Å². The van der Waals surface area contributed by atoms with Gasteiger partial charge in [-0.1, -0.05) is 18.2 Å². The topological polar surface area (TPSA) is 17.4 Å². The lowest BCUT2D eigenvalue weighted by Gasteiger charge is -2.31. The molecule has 2 aromatic carbocycles. The molecular weight excluding hydrogens is 346 g/mol. The predicted molar refractivity (Wildman–Crippen MR) is 101 cm³/mol. The summed E-state index contributed by atoms with van der Waals surface area (Å²) in [6.07, 6.45) is 2.98. The van der Waals surface area contributed by atoms with Crippen LogP contribution in [0.15, 0.2) is 60.8 Å². The van der Waals surface area contributed by atoms with Crippen molar-refractivity contribution in [2.45, 2.75) is 25.6 Å². The van der Waals surface area contributed by atoms with E-state index in [0.717, 1.165) is 36.5 Å². The van der Waals surface area contributed by atoms with Gasteiger partial charge in [0.1, 0.15) is 17.4 Å². The van der Waals surface area contributed by atoms with E-state index < -0.39 is 11.6 Å². The first-order chi connectivity index (χ1) is 13.2. The molecule has 0 N–H and O–H groups in total. The quantitative estimate of drug-likeness (QED) is 0.660. The molecule has 3 nitrogen and oxygen atoms in total. The van der Waals surface area contributed by atoms with Crippen molar-refractivity contribution in [1.82, 2.24) is 9.47 Å². The van der Waals surface area contributed by atoms with Crippen molar-refractivity contribution in [3.63, 3.8) is 0 Å². The van der Waals surface area contributed by atoms with Gasteiger partial charge in [0.05, 0.1) is 13.2 Å². The Hall–Kier alpha value is -2.66. The van der Waals surface area contributed by atoms with Crippen molar-refractivity contribution in [1.29, 1.82) is 0 Å². The Labute approximate surface area is 157 Å². The molecule has 2 heterocycles. The van der Waals surface area contributed by atoms with Crippen molar-refractivity contribution in [2.24, 2.45) is 0 Å². The van der Waals surface area contributed by atoms with Crippen LogP contribution >= 0.6 is 0 Å². The summed E-state index contributed by atoms with van der Waals surface area (Å²) in [5.41, 5.74) is 2.29. The Kier molecular flexibility index (Phi) is 4.94. The Balaban J connectivity index is 1.78. The molecule has 5 heteroatoms. The fraction of sp³-hybridized carbons (Fsp3) is 0.273. The number of rotatable bonds is 4. The van der Waals surface area contributed by atoms with Gasteiger partial charge in [-0.05, 0) is 48.4 Å². The number of ether oxygens (including phenoxy) is 1. The molecule has 0 fully saturated rings. The molecule has 1 unspecified atom stereocenters. The van der Waals surface area contributed by atoms with Crippen LogP contribution in [0.3, 0.4) is 0 Å². The zero-order chi connectivity index (χ0) is 18.8. The van der Waals surface area contributed by atoms with Gasteiger partial charge in [-0.3, -0.25) is 4.90 Å². The number of hydrogen-bond donors (Lipinski definition) is 0. The van der Waals surface area contributed by atoms with Crippen LogP contribution in [0.25, 0.3) is 0 Å². The molecule has 1 aliphatic rings. The minimum absolute atomic E-state index is 0.100. The van der Waals surface area contributed by atoms with Crippen LogP contribution in [0, 0.1) is 11.6 Å². The Morgan fingerprint density at radius 1 is 1.00 bits per heavy atom. The van der Waals surface area contributed by atoms with Gasteiger partial charge in [0, 0.05) is 37.1 Å². The minimum atomic E-state index is -0.501. The average molecular weight is 368 g/mol. The van der Waals surface area contributed by atoms with E-state index in [2.05, 4.69) is 21.7 Å². The number of fused-ring (bicyclic) bond motifs is 1. The van der Waals surface area contributed by atoms with Gasteiger partial charge in [-0.25, -0.2) is 8.78 Å². The van der Waals surface area contributed by atoms with E-state index in [-0.39, 0.29) is 18.2 Å². The summed E-state index contributed by atoms with van der Waals surface area (Å²) >= 11 is 0. The fourth-order valence-electron chi connectivity index (χ4n) is 3.89. The SMILES string of the molecule is COc1cccc(C2c3cccn3CCCN2Cc2c(F)cccc2F)c1. The van der Waals surface area contributed by atoms with Gasteiger partial charge < -0.3 is 9.30 Å². The van der Waals surface area contributed by atoms with Crippen LogP contribution in [-0.4, -0.2) is 23.1 Å². The van der Waals surface area contributed by atoms with Gasteiger partial charge in [-0.2, -0.15) is 0 Å². The molecule has 0 amide bonds. The van der Waals surface area contributed by atoms with E-state index in [1.807, 2.05) is 30.3 Å². The third kappa shape index (κ3) is 3.47. The van der Waals surface area contributed by atoms with E-state index in [1.165, 1.54) is 18.2 Å². The lowest BCUT2D eigenvalue weighted by atomic mass is 10.0. The average Bonchev–Trinajstić information content (AvgIpc) is 3.06. The lowest BCUT2D eigenvalue weighted by Crippen LogP contribution is -2.30. The summed E-state index contributed by atoms with van der Waals surface area (Å²) in [4.78, 5) is 2.15. The molecule has 140 valence electrons.